The van der Waals surface area contributed by atoms with E-state index in [1.54, 1.807) is 24.3 Å². The van der Waals surface area contributed by atoms with E-state index < -0.39 is 23.8 Å². The Bertz CT molecular complexity index is 1230. The molecule has 0 unspecified atom stereocenters. The van der Waals surface area contributed by atoms with Crippen molar-refractivity contribution in [1.82, 2.24) is 0 Å². The van der Waals surface area contributed by atoms with E-state index in [2.05, 4.69) is 5.32 Å². The summed E-state index contributed by atoms with van der Waals surface area (Å²) in [5.41, 5.74) is 0.992. The lowest BCUT2D eigenvalue weighted by Gasteiger charge is -2.12. The van der Waals surface area contributed by atoms with Crippen molar-refractivity contribution in [2.24, 2.45) is 0 Å². The van der Waals surface area contributed by atoms with Gasteiger partial charge >= 0.3 is 0 Å². The van der Waals surface area contributed by atoms with E-state index in [-0.39, 0.29) is 27.3 Å². The molecule has 2 heterocycles. The number of anilines is 1. The Balaban J connectivity index is 1.71. The largest absolute Gasteiger partial charge is 0.464 e. The lowest BCUT2D eigenvalue weighted by molar-refractivity contribution is -0.0411. The van der Waals surface area contributed by atoms with Gasteiger partial charge in [-0.1, -0.05) is 12.1 Å². The first-order valence-electron chi connectivity index (χ1n) is 8.58. The maximum absolute atomic E-state index is 14.4. The zero-order valence-corrected chi connectivity index (χ0v) is 15.9. The van der Waals surface area contributed by atoms with Gasteiger partial charge in [-0.25, -0.2) is 8.78 Å². The smallest absolute Gasteiger partial charge is 0.255 e. The van der Waals surface area contributed by atoms with Crippen LogP contribution >= 0.6 is 11.3 Å². The summed E-state index contributed by atoms with van der Waals surface area (Å²) in [6.45, 7) is 1.43. The molecular formula is C21H15F2NO4S. The van der Waals surface area contributed by atoms with Crippen LogP contribution in [0.15, 0.2) is 52.5 Å². The second-order valence-electron chi connectivity index (χ2n) is 6.45. The molecular weight excluding hydrogens is 400 g/mol. The van der Waals surface area contributed by atoms with Crippen LogP contribution in [-0.4, -0.2) is 16.1 Å². The van der Waals surface area contributed by atoms with Crippen molar-refractivity contribution in [2.45, 2.75) is 13.2 Å². The molecule has 0 radical (unpaired) electrons. The van der Waals surface area contributed by atoms with Crippen LogP contribution < -0.4 is 5.32 Å². The van der Waals surface area contributed by atoms with E-state index in [1.807, 2.05) is 0 Å². The van der Waals surface area contributed by atoms with Crippen LogP contribution in [0.4, 0.5) is 14.5 Å². The molecule has 2 aromatic heterocycles. The normalized spacial score (nSPS) is 11.4. The van der Waals surface area contributed by atoms with Crippen molar-refractivity contribution in [3.63, 3.8) is 0 Å². The molecule has 4 aromatic rings. The van der Waals surface area contributed by atoms with E-state index in [4.69, 9.17) is 4.42 Å². The van der Waals surface area contributed by atoms with Gasteiger partial charge in [-0.2, -0.15) is 0 Å². The fourth-order valence-electron chi connectivity index (χ4n) is 3.05. The quantitative estimate of drug-likeness (QED) is 0.411. The van der Waals surface area contributed by atoms with Gasteiger partial charge < -0.3 is 19.9 Å². The number of nitrogens with one attached hydrogen (secondary N) is 1. The first-order valence-corrected chi connectivity index (χ1v) is 9.46. The van der Waals surface area contributed by atoms with Crippen LogP contribution in [-0.2, 0) is 0 Å². The van der Waals surface area contributed by atoms with Gasteiger partial charge in [-0.15, -0.1) is 11.3 Å². The second-order valence-corrected chi connectivity index (χ2v) is 7.33. The van der Waals surface area contributed by atoms with Gasteiger partial charge in [0.2, 0.25) is 0 Å². The predicted octanol–water partition coefficient (Wildman–Crippen LogP) is 4.98. The number of furan rings is 1. The number of rotatable bonds is 4. The van der Waals surface area contributed by atoms with E-state index in [0.29, 0.717) is 11.1 Å². The number of carbonyl (C=O) groups excluding carboxylic acids is 1. The van der Waals surface area contributed by atoms with Gasteiger partial charge in [0, 0.05) is 32.3 Å². The summed E-state index contributed by atoms with van der Waals surface area (Å²) in [5, 5.41) is 24.5. The number of halogens is 2. The molecule has 148 valence electrons. The van der Waals surface area contributed by atoms with Crippen molar-refractivity contribution in [3.8, 4) is 10.4 Å². The molecule has 1 amide bonds. The van der Waals surface area contributed by atoms with Crippen molar-refractivity contribution < 1.29 is 28.2 Å². The Kier molecular flexibility index (Phi) is 4.91. The molecule has 0 saturated carbocycles. The average Bonchev–Trinajstić information content (AvgIpc) is 3.32. The van der Waals surface area contributed by atoms with Gasteiger partial charge in [0.25, 0.3) is 5.91 Å². The van der Waals surface area contributed by atoms with E-state index in [9.17, 15) is 23.8 Å². The molecule has 0 bridgehead atoms. The van der Waals surface area contributed by atoms with Gasteiger partial charge in [0.05, 0.1) is 12.0 Å². The topological polar surface area (TPSA) is 82.7 Å². The number of amides is 1. The number of aliphatic hydroxyl groups excluding tert-OH is 1. The van der Waals surface area contributed by atoms with Crippen molar-refractivity contribution in [3.05, 3.63) is 76.4 Å². The second kappa shape index (κ2) is 7.40. The fraction of sp³-hybridized carbons (Fsp3) is 0.0952. The summed E-state index contributed by atoms with van der Waals surface area (Å²) in [6.07, 6.45) is -0.487. The van der Waals surface area contributed by atoms with Crippen molar-refractivity contribution in [1.29, 1.82) is 0 Å². The summed E-state index contributed by atoms with van der Waals surface area (Å²) >= 11 is 0.971. The zero-order valence-electron chi connectivity index (χ0n) is 15.1. The highest BCUT2D eigenvalue weighted by atomic mass is 32.1. The van der Waals surface area contributed by atoms with Crippen LogP contribution in [0.2, 0.25) is 0 Å². The van der Waals surface area contributed by atoms with Crippen LogP contribution in [0.3, 0.4) is 0 Å². The van der Waals surface area contributed by atoms with E-state index in [0.717, 1.165) is 16.7 Å². The number of carbonyl (C=O) groups is 1. The molecule has 0 aliphatic heterocycles. The molecule has 8 heteroatoms. The van der Waals surface area contributed by atoms with Crippen LogP contribution in [0.5, 0.6) is 0 Å². The summed E-state index contributed by atoms with van der Waals surface area (Å²) < 4.78 is 33.6. The maximum Gasteiger partial charge on any atom is 0.255 e. The minimum atomic E-state index is -1.99. The van der Waals surface area contributed by atoms with Crippen LogP contribution in [0.25, 0.3) is 21.4 Å². The first kappa shape index (κ1) is 19.3. The monoisotopic (exact) mass is 415 g/mol. The number of aryl methyl sites for hydroxylation is 1. The van der Waals surface area contributed by atoms with Gasteiger partial charge in [0.1, 0.15) is 5.58 Å². The average molecular weight is 415 g/mol. The lowest BCUT2D eigenvalue weighted by atomic mass is 10.0. The first-order chi connectivity index (χ1) is 13.9. The van der Waals surface area contributed by atoms with E-state index >= 15 is 0 Å². The third kappa shape index (κ3) is 3.42. The highest BCUT2D eigenvalue weighted by molar-refractivity contribution is 7.14. The van der Waals surface area contributed by atoms with Crippen molar-refractivity contribution >= 4 is 33.9 Å². The number of aliphatic hydroxyl groups is 2. The van der Waals surface area contributed by atoms with Crippen LogP contribution in [0, 0.1) is 18.6 Å². The Morgan fingerprint density at radius 1 is 1.14 bits per heavy atom. The van der Waals surface area contributed by atoms with Gasteiger partial charge in [0.15, 0.2) is 17.9 Å². The standard InChI is InChI=1S/C21H15F2NO4S/c1-10-2-4-13(18(23)17(10)22)19-16(21(26)27)14(9-29-19)24-20(25)12-3-5-15-11(8-12)6-7-28-15/h2-9,21,26-27H,1H3,(H,24,25). The van der Waals surface area contributed by atoms with Gasteiger partial charge in [-0.3, -0.25) is 4.79 Å². The Morgan fingerprint density at radius 3 is 2.69 bits per heavy atom. The third-order valence-electron chi connectivity index (χ3n) is 4.57. The molecule has 3 N–H and O–H groups in total. The molecule has 0 spiro atoms. The van der Waals surface area contributed by atoms with E-state index in [1.165, 1.54) is 30.7 Å². The highest BCUT2D eigenvalue weighted by Gasteiger charge is 2.24. The lowest BCUT2D eigenvalue weighted by Crippen LogP contribution is -2.13. The minimum absolute atomic E-state index is 0.102. The fourth-order valence-corrected chi connectivity index (χ4v) is 4.10. The maximum atomic E-state index is 14.4. The SMILES string of the molecule is Cc1ccc(-c2scc(NC(=O)c3ccc4occc4c3)c2C(O)O)c(F)c1F. The number of hydrogen-bond acceptors (Lipinski definition) is 5. The Hall–Kier alpha value is -3.07. The molecule has 0 aliphatic carbocycles. The predicted molar refractivity (Wildman–Crippen MR) is 106 cm³/mol. The molecule has 0 atom stereocenters. The third-order valence-corrected chi connectivity index (χ3v) is 5.60. The van der Waals surface area contributed by atoms with Crippen LogP contribution in [0.1, 0.15) is 27.8 Å². The molecule has 29 heavy (non-hydrogen) atoms. The number of thiophene rings is 1. The molecule has 5 nitrogen and oxygen atoms in total. The minimum Gasteiger partial charge on any atom is -0.464 e. The molecule has 0 saturated heterocycles. The number of fused-ring (bicyclic) bond motifs is 1. The highest BCUT2D eigenvalue weighted by Crippen LogP contribution is 2.41. The summed E-state index contributed by atoms with van der Waals surface area (Å²) in [7, 11) is 0. The number of hydrogen-bond donors (Lipinski definition) is 3. The molecule has 2 aromatic carbocycles. The zero-order chi connectivity index (χ0) is 20.7. The molecule has 0 aliphatic rings. The Labute approximate surface area is 167 Å². The Morgan fingerprint density at radius 2 is 1.93 bits per heavy atom. The summed E-state index contributed by atoms with van der Waals surface area (Å²) in [5.74, 6) is -2.58. The summed E-state index contributed by atoms with van der Waals surface area (Å²) in [4.78, 5) is 12.8. The van der Waals surface area contributed by atoms with Gasteiger partial charge in [-0.05, 0) is 36.8 Å². The molecule has 4 rings (SSSR count). The summed E-state index contributed by atoms with van der Waals surface area (Å²) in [6, 6.07) is 9.33. The number of benzene rings is 2. The van der Waals surface area contributed by atoms with Crippen molar-refractivity contribution in [2.75, 3.05) is 5.32 Å². The molecule has 0 fully saturated rings.